The summed E-state index contributed by atoms with van der Waals surface area (Å²) in [5.74, 6) is 5.64. The molecule has 11 aromatic carbocycles. The zero-order chi connectivity index (χ0) is 65.1. The van der Waals surface area contributed by atoms with E-state index in [1.807, 2.05) is 231 Å². The fourth-order valence-electron chi connectivity index (χ4n) is 10.7. The quantitative estimate of drug-likeness (QED) is 0.108. The first-order valence-electron chi connectivity index (χ1n) is 31.2. The summed E-state index contributed by atoms with van der Waals surface area (Å²) >= 11 is 6.70. The Hall–Kier alpha value is -10.6. The van der Waals surface area contributed by atoms with Crippen LogP contribution in [0.4, 0.5) is 0 Å². The second-order valence-corrected chi connectivity index (χ2v) is 25.2. The topological polar surface area (TPSA) is 134 Å². The van der Waals surface area contributed by atoms with Gasteiger partial charge in [-0.2, -0.15) is 0 Å². The van der Waals surface area contributed by atoms with Gasteiger partial charge in [-0.15, -0.1) is 0 Å². The van der Waals surface area contributed by atoms with Gasteiger partial charge in [-0.1, -0.05) is 279 Å². The van der Waals surface area contributed by atoms with E-state index in [0.717, 1.165) is 86.7 Å². The molecule has 95 heavy (non-hydrogen) atoms. The molecule has 15 rings (SSSR count). The number of nitrogens with zero attached hydrogens (tertiary/aromatic N) is 9. The van der Waals surface area contributed by atoms with Gasteiger partial charge in [0.25, 0.3) is 0 Å². The van der Waals surface area contributed by atoms with Gasteiger partial charge in [0.15, 0.2) is 52.4 Å². The molecule has 0 saturated carbocycles. The molecule has 0 spiro atoms. The second kappa shape index (κ2) is 28.7. The highest BCUT2D eigenvalue weighted by molar-refractivity contribution is 9.13. The van der Waals surface area contributed by atoms with E-state index in [0.29, 0.717) is 52.4 Å². The first-order valence-corrected chi connectivity index (χ1v) is 32.7. The SMILES string of the molecule is Brc1ccccc1Br.CC1(C)OB(c2cccc(-c3nc(-c4ccccc4)nc(-c4ccccc4)n3)c2)OC1(C)C.c1ccc(-c2nc(-c3ccccc3)nc(-c3cccc(-c4ccccc4-c4cccc(-c5nc(-c6ccccc6)nc(-c6ccccc6)n5)c4)c3)n2)cc1. The van der Waals surface area contributed by atoms with E-state index in [9.17, 15) is 0 Å². The standard InChI is InChI=1S/C48H32N6.C27H26BN3O2.C6H4Br2/c1-5-17-33(18-6-1)43-49-44(34-19-7-2-8-20-34)52-47(51-43)39-27-15-25-37(31-39)41-29-13-14-30-42(41)38-26-16-28-40(32-38)48-53-45(35-21-9-3-10-22-35)50-46(54-48)36-23-11-4-12-24-36;1-26(2)27(3,4)33-28(32-26)22-17-11-16-21(18-22)25-30-23(19-12-7-5-8-13-19)29-24(31-25)20-14-9-6-10-15-20;7-5-3-1-2-4-6(5)8/h1-32H;5-18H,1-4H3;1-4H. The van der Waals surface area contributed by atoms with E-state index in [4.69, 9.17) is 54.2 Å². The van der Waals surface area contributed by atoms with Crippen molar-refractivity contribution in [1.29, 1.82) is 0 Å². The van der Waals surface area contributed by atoms with Crippen LogP contribution in [0.1, 0.15) is 27.7 Å². The summed E-state index contributed by atoms with van der Waals surface area (Å²) < 4.78 is 14.7. The zero-order valence-electron chi connectivity index (χ0n) is 52.5. The summed E-state index contributed by atoms with van der Waals surface area (Å²) in [6.45, 7) is 8.23. The summed E-state index contributed by atoms with van der Waals surface area (Å²) in [7, 11) is -0.445. The second-order valence-electron chi connectivity index (χ2n) is 23.4. The maximum absolute atomic E-state index is 6.25. The van der Waals surface area contributed by atoms with E-state index in [1.54, 1.807) is 0 Å². The third-order valence-corrected chi connectivity index (χ3v) is 18.3. The Bertz CT molecular complexity index is 4540. The van der Waals surface area contributed by atoms with Crippen LogP contribution in [-0.4, -0.2) is 63.2 Å². The van der Waals surface area contributed by atoms with Crippen LogP contribution in [0.2, 0.25) is 0 Å². The van der Waals surface area contributed by atoms with Gasteiger partial charge in [0.05, 0.1) is 11.2 Å². The van der Waals surface area contributed by atoms with Crippen molar-refractivity contribution in [2.24, 2.45) is 0 Å². The van der Waals surface area contributed by atoms with E-state index < -0.39 is 18.3 Å². The number of hydrogen-bond donors (Lipinski definition) is 0. The third-order valence-electron chi connectivity index (χ3n) is 16.4. The first-order chi connectivity index (χ1) is 46.4. The molecule has 1 fully saturated rings. The Kier molecular flexibility index (Phi) is 19.1. The monoisotopic (exact) mass is 1360 g/mol. The summed E-state index contributed by atoms with van der Waals surface area (Å²) in [6.07, 6.45) is 0. The van der Waals surface area contributed by atoms with Crippen LogP contribution in [0.15, 0.2) is 312 Å². The molecular formula is C81H62BBr2N9O2. The molecular weight excluding hydrogens is 1300 g/mol. The molecule has 460 valence electrons. The van der Waals surface area contributed by atoms with Crippen molar-refractivity contribution in [2.75, 3.05) is 0 Å². The maximum atomic E-state index is 6.25. The highest BCUT2D eigenvalue weighted by atomic mass is 79.9. The van der Waals surface area contributed by atoms with Crippen molar-refractivity contribution in [3.05, 3.63) is 312 Å². The smallest absolute Gasteiger partial charge is 0.399 e. The van der Waals surface area contributed by atoms with Crippen molar-refractivity contribution < 1.29 is 9.31 Å². The van der Waals surface area contributed by atoms with Gasteiger partial charge in [0.1, 0.15) is 0 Å². The average molecular weight is 1360 g/mol. The lowest BCUT2D eigenvalue weighted by atomic mass is 9.78. The van der Waals surface area contributed by atoms with Gasteiger partial charge in [-0.3, -0.25) is 0 Å². The lowest BCUT2D eigenvalue weighted by Crippen LogP contribution is -2.41. The summed E-state index contributed by atoms with van der Waals surface area (Å²) in [5, 5.41) is 0. The van der Waals surface area contributed by atoms with Crippen LogP contribution in [0, 0.1) is 0 Å². The summed E-state index contributed by atoms with van der Waals surface area (Å²) in [4.78, 5) is 44.1. The Morgan fingerprint density at radius 3 is 0.716 bits per heavy atom. The van der Waals surface area contributed by atoms with Crippen LogP contribution in [0.25, 0.3) is 125 Å². The van der Waals surface area contributed by atoms with Crippen LogP contribution in [0.3, 0.4) is 0 Å². The minimum atomic E-state index is -0.445. The fourth-order valence-corrected chi connectivity index (χ4v) is 11.3. The van der Waals surface area contributed by atoms with E-state index >= 15 is 0 Å². The van der Waals surface area contributed by atoms with Crippen molar-refractivity contribution in [3.63, 3.8) is 0 Å². The molecule has 1 aliphatic rings. The largest absolute Gasteiger partial charge is 0.494 e. The maximum Gasteiger partial charge on any atom is 0.494 e. The number of aromatic nitrogens is 9. The van der Waals surface area contributed by atoms with Crippen molar-refractivity contribution in [3.8, 4) is 125 Å². The Morgan fingerprint density at radius 1 is 0.232 bits per heavy atom. The Labute approximate surface area is 570 Å². The van der Waals surface area contributed by atoms with Gasteiger partial charge >= 0.3 is 7.12 Å². The molecule has 3 aromatic heterocycles. The molecule has 0 unspecified atom stereocenters. The molecule has 0 atom stereocenters. The Balaban J connectivity index is 0.000000168. The molecule has 0 N–H and O–H groups in total. The summed E-state index contributed by atoms with van der Waals surface area (Å²) in [5.41, 5.74) is 12.7. The number of rotatable bonds is 12. The van der Waals surface area contributed by atoms with Gasteiger partial charge in [0, 0.05) is 59.0 Å². The van der Waals surface area contributed by atoms with Crippen LogP contribution in [-0.2, 0) is 9.31 Å². The molecule has 11 nitrogen and oxygen atoms in total. The van der Waals surface area contributed by atoms with Crippen molar-refractivity contribution in [2.45, 2.75) is 38.9 Å². The Morgan fingerprint density at radius 2 is 0.442 bits per heavy atom. The summed E-state index contributed by atoms with van der Waals surface area (Å²) in [6, 6.07) is 101. The molecule has 0 aliphatic carbocycles. The highest BCUT2D eigenvalue weighted by Crippen LogP contribution is 2.39. The minimum absolute atomic E-state index is 0.401. The van der Waals surface area contributed by atoms with Gasteiger partial charge in [0.2, 0.25) is 0 Å². The minimum Gasteiger partial charge on any atom is -0.399 e. The lowest BCUT2D eigenvalue weighted by Gasteiger charge is -2.32. The van der Waals surface area contributed by atoms with Gasteiger partial charge < -0.3 is 9.31 Å². The number of halogens is 2. The fraction of sp³-hybridized carbons (Fsp3) is 0.0741. The number of benzene rings is 11. The number of hydrogen-bond acceptors (Lipinski definition) is 11. The highest BCUT2D eigenvalue weighted by Gasteiger charge is 2.51. The van der Waals surface area contributed by atoms with Gasteiger partial charge in [-0.05, 0) is 112 Å². The average Bonchev–Trinajstić information content (AvgIpc) is 1.01. The molecule has 1 aliphatic heterocycles. The molecule has 14 heteroatoms. The third kappa shape index (κ3) is 14.9. The van der Waals surface area contributed by atoms with Crippen molar-refractivity contribution in [1.82, 2.24) is 44.9 Å². The molecule has 1 saturated heterocycles. The van der Waals surface area contributed by atoms with Crippen LogP contribution in [0.5, 0.6) is 0 Å². The van der Waals surface area contributed by atoms with E-state index in [1.165, 1.54) is 0 Å². The normalized spacial score (nSPS) is 12.8. The van der Waals surface area contributed by atoms with Crippen LogP contribution >= 0.6 is 31.9 Å². The zero-order valence-corrected chi connectivity index (χ0v) is 55.7. The van der Waals surface area contributed by atoms with Crippen molar-refractivity contribution >= 4 is 44.4 Å². The first kappa shape index (κ1) is 63.2. The van der Waals surface area contributed by atoms with Gasteiger partial charge in [-0.25, -0.2) is 44.9 Å². The predicted molar refractivity (Wildman–Crippen MR) is 390 cm³/mol. The molecule has 14 aromatic rings. The lowest BCUT2D eigenvalue weighted by molar-refractivity contribution is 0.00578. The predicted octanol–water partition coefficient (Wildman–Crippen LogP) is 19.8. The molecule has 0 amide bonds. The molecule has 0 radical (unpaired) electrons. The van der Waals surface area contributed by atoms with E-state index in [-0.39, 0.29) is 0 Å². The molecule has 0 bridgehead atoms. The molecule has 4 heterocycles. The van der Waals surface area contributed by atoms with Crippen LogP contribution < -0.4 is 5.46 Å². The van der Waals surface area contributed by atoms with E-state index in [2.05, 4.69) is 132 Å².